The van der Waals surface area contributed by atoms with E-state index in [-0.39, 0.29) is 5.60 Å². The van der Waals surface area contributed by atoms with Gasteiger partial charge in [0, 0.05) is 12.0 Å². The van der Waals surface area contributed by atoms with Gasteiger partial charge >= 0.3 is 0 Å². The summed E-state index contributed by atoms with van der Waals surface area (Å²) in [6.45, 7) is 4.17. The highest BCUT2D eigenvalue weighted by Crippen LogP contribution is 2.45. The van der Waals surface area contributed by atoms with Gasteiger partial charge in [0.05, 0.1) is 11.6 Å². The molecule has 0 aromatic heterocycles. The fourth-order valence-electron chi connectivity index (χ4n) is 1.79. The Morgan fingerprint density at radius 1 is 1.43 bits per heavy atom. The molecule has 0 unspecified atom stereocenters. The van der Waals surface area contributed by atoms with E-state index in [2.05, 4.69) is 35.8 Å². The normalized spacial score (nSPS) is 17.4. The minimum absolute atomic E-state index is 0.115. The first-order valence-corrected chi connectivity index (χ1v) is 5.37. The maximum atomic E-state index is 5.84. The number of halogens is 1. The van der Waals surface area contributed by atoms with Crippen LogP contribution in [0.1, 0.15) is 19.4 Å². The molecular formula is C11H13BrO2. The number of hydrogen-bond acceptors (Lipinski definition) is 2. The van der Waals surface area contributed by atoms with Crippen molar-refractivity contribution in [2.75, 3.05) is 7.11 Å². The summed E-state index contributed by atoms with van der Waals surface area (Å²) < 4.78 is 12.1. The zero-order chi connectivity index (χ0) is 10.3. The van der Waals surface area contributed by atoms with Gasteiger partial charge in [-0.15, -0.1) is 0 Å². The lowest BCUT2D eigenvalue weighted by atomic mass is 10.0. The van der Waals surface area contributed by atoms with E-state index in [1.54, 1.807) is 7.11 Å². The summed E-state index contributed by atoms with van der Waals surface area (Å²) in [4.78, 5) is 0. The van der Waals surface area contributed by atoms with Crippen LogP contribution in [0.5, 0.6) is 11.5 Å². The van der Waals surface area contributed by atoms with Gasteiger partial charge < -0.3 is 9.47 Å². The van der Waals surface area contributed by atoms with Crippen LogP contribution in [0.4, 0.5) is 0 Å². The van der Waals surface area contributed by atoms with Crippen molar-refractivity contribution in [3.05, 3.63) is 22.2 Å². The van der Waals surface area contributed by atoms with Crippen LogP contribution in [-0.4, -0.2) is 12.7 Å². The van der Waals surface area contributed by atoms with E-state index in [1.807, 2.05) is 6.07 Å². The molecule has 0 fully saturated rings. The monoisotopic (exact) mass is 256 g/mol. The third kappa shape index (κ3) is 1.50. The lowest BCUT2D eigenvalue weighted by Crippen LogP contribution is -2.24. The molecule has 0 amide bonds. The Kier molecular flexibility index (Phi) is 2.22. The molecule has 1 aliphatic heterocycles. The highest BCUT2D eigenvalue weighted by molar-refractivity contribution is 9.10. The second-order valence-electron chi connectivity index (χ2n) is 4.11. The minimum atomic E-state index is -0.115. The number of benzene rings is 1. The second-order valence-corrected chi connectivity index (χ2v) is 4.96. The van der Waals surface area contributed by atoms with Gasteiger partial charge in [-0.1, -0.05) is 6.07 Å². The van der Waals surface area contributed by atoms with E-state index in [0.29, 0.717) is 0 Å². The molecule has 14 heavy (non-hydrogen) atoms. The number of fused-ring (bicyclic) bond motifs is 1. The molecule has 2 rings (SSSR count). The SMILES string of the molecule is COc1c(Br)ccc2c1OC(C)(C)C2. The molecule has 1 aromatic rings. The Hall–Kier alpha value is -0.700. The van der Waals surface area contributed by atoms with Crippen molar-refractivity contribution < 1.29 is 9.47 Å². The van der Waals surface area contributed by atoms with Gasteiger partial charge in [0.2, 0.25) is 0 Å². The summed E-state index contributed by atoms with van der Waals surface area (Å²) in [5.74, 6) is 1.68. The summed E-state index contributed by atoms with van der Waals surface area (Å²) in [6.07, 6.45) is 0.936. The smallest absolute Gasteiger partial charge is 0.175 e. The number of methoxy groups -OCH3 is 1. The van der Waals surface area contributed by atoms with Crippen LogP contribution in [0.2, 0.25) is 0 Å². The largest absolute Gasteiger partial charge is 0.492 e. The van der Waals surface area contributed by atoms with Crippen LogP contribution >= 0.6 is 15.9 Å². The van der Waals surface area contributed by atoms with Gasteiger partial charge in [-0.3, -0.25) is 0 Å². The summed E-state index contributed by atoms with van der Waals surface area (Å²) in [6, 6.07) is 4.08. The van der Waals surface area contributed by atoms with Crippen molar-refractivity contribution in [2.24, 2.45) is 0 Å². The van der Waals surface area contributed by atoms with Gasteiger partial charge in [0.15, 0.2) is 11.5 Å². The first-order valence-electron chi connectivity index (χ1n) is 4.58. The van der Waals surface area contributed by atoms with Gasteiger partial charge in [-0.2, -0.15) is 0 Å². The van der Waals surface area contributed by atoms with E-state index >= 15 is 0 Å². The average molecular weight is 257 g/mol. The standard InChI is InChI=1S/C11H13BrO2/c1-11(2)6-7-4-5-8(12)10(13-3)9(7)14-11/h4-5H,6H2,1-3H3. The molecule has 2 nitrogen and oxygen atoms in total. The predicted octanol–water partition coefficient (Wildman–Crippen LogP) is 3.17. The van der Waals surface area contributed by atoms with Crippen LogP contribution in [0.15, 0.2) is 16.6 Å². The topological polar surface area (TPSA) is 18.5 Å². The molecule has 0 bridgehead atoms. The van der Waals surface area contributed by atoms with Crippen LogP contribution < -0.4 is 9.47 Å². The van der Waals surface area contributed by atoms with E-state index in [1.165, 1.54) is 5.56 Å². The molecule has 3 heteroatoms. The van der Waals surface area contributed by atoms with Crippen molar-refractivity contribution in [1.29, 1.82) is 0 Å². The molecule has 0 N–H and O–H groups in total. The molecule has 1 aromatic carbocycles. The number of ether oxygens (including phenoxy) is 2. The zero-order valence-corrected chi connectivity index (χ0v) is 10.1. The molecule has 0 saturated heterocycles. The molecule has 0 spiro atoms. The van der Waals surface area contributed by atoms with Crippen molar-refractivity contribution in [3.63, 3.8) is 0 Å². The van der Waals surface area contributed by atoms with E-state index in [4.69, 9.17) is 9.47 Å². The summed E-state index contributed by atoms with van der Waals surface area (Å²) >= 11 is 3.44. The van der Waals surface area contributed by atoms with Crippen molar-refractivity contribution in [1.82, 2.24) is 0 Å². The quantitative estimate of drug-likeness (QED) is 0.769. The van der Waals surface area contributed by atoms with Gasteiger partial charge in [-0.25, -0.2) is 0 Å². The Morgan fingerprint density at radius 3 is 2.79 bits per heavy atom. The van der Waals surface area contributed by atoms with E-state index in [0.717, 1.165) is 22.4 Å². The highest BCUT2D eigenvalue weighted by atomic mass is 79.9. The fourth-order valence-corrected chi connectivity index (χ4v) is 2.27. The molecule has 1 aliphatic rings. The first kappa shape index (κ1) is 9.84. The van der Waals surface area contributed by atoms with E-state index < -0.39 is 0 Å². The minimum Gasteiger partial charge on any atom is -0.492 e. The van der Waals surface area contributed by atoms with Crippen molar-refractivity contribution >= 4 is 15.9 Å². The number of hydrogen-bond donors (Lipinski definition) is 0. The van der Waals surface area contributed by atoms with Crippen molar-refractivity contribution in [3.8, 4) is 11.5 Å². The Labute approximate surface area is 92.3 Å². The molecule has 1 heterocycles. The predicted molar refractivity (Wildman–Crippen MR) is 59.1 cm³/mol. The Bertz CT molecular complexity index is 372. The molecule has 0 atom stereocenters. The summed E-state index contributed by atoms with van der Waals surface area (Å²) in [7, 11) is 1.66. The Balaban J connectivity index is 2.52. The molecule has 76 valence electrons. The zero-order valence-electron chi connectivity index (χ0n) is 8.56. The summed E-state index contributed by atoms with van der Waals surface area (Å²) in [5, 5.41) is 0. The van der Waals surface area contributed by atoms with Gasteiger partial charge in [-0.05, 0) is 35.8 Å². The second kappa shape index (κ2) is 3.16. The van der Waals surface area contributed by atoms with Gasteiger partial charge in [0.25, 0.3) is 0 Å². The lowest BCUT2D eigenvalue weighted by Gasteiger charge is -2.18. The van der Waals surface area contributed by atoms with Crippen LogP contribution in [0.3, 0.4) is 0 Å². The van der Waals surface area contributed by atoms with E-state index in [9.17, 15) is 0 Å². The van der Waals surface area contributed by atoms with Crippen molar-refractivity contribution in [2.45, 2.75) is 25.9 Å². The first-order chi connectivity index (χ1) is 6.53. The fraction of sp³-hybridized carbons (Fsp3) is 0.455. The van der Waals surface area contributed by atoms with Gasteiger partial charge in [0.1, 0.15) is 5.60 Å². The Morgan fingerprint density at radius 2 is 2.14 bits per heavy atom. The maximum absolute atomic E-state index is 5.84. The average Bonchev–Trinajstić information content (AvgIpc) is 2.39. The summed E-state index contributed by atoms with van der Waals surface area (Å²) in [5.41, 5.74) is 1.10. The number of rotatable bonds is 1. The third-order valence-electron chi connectivity index (χ3n) is 2.34. The third-order valence-corrected chi connectivity index (χ3v) is 2.97. The van der Waals surface area contributed by atoms with Crippen LogP contribution in [0.25, 0.3) is 0 Å². The highest BCUT2D eigenvalue weighted by Gasteiger charge is 2.32. The molecule has 0 radical (unpaired) electrons. The lowest BCUT2D eigenvalue weighted by molar-refractivity contribution is 0.134. The van der Waals surface area contributed by atoms with Crippen LogP contribution in [0, 0.1) is 0 Å². The maximum Gasteiger partial charge on any atom is 0.175 e. The molecular weight excluding hydrogens is 244 g/mol. The molecule has 0 aliphatic carbocycles. The van der Waals surface area contributed by atoms with Crippen LogP contribution in [-0.2, 0) is 6.42 Å². The molecule has 0 saturated carbocycles.